The predicted octanol–water partition coefficient (Wildman–Crippen LogP) is -1.04. The summed E-state index contributed by atoms with van der Waals surface area (Å²) in [6.07, 6.45) is -7.54. The van der Waals surface area contributed by atoms with Crippen molar-refractivity contribution in [1.29, 1.82) is 0 Å². The van der Waals surface area contributed by atoms with Gasteiger partial charge in [-0.25, -0.2) is 0 Å². The molecule has 2 saturated heterocycles. The maximum atomic E-state index is 10.3. The molecule has 180 valence electrons. The van der Waals surface area contributed by atoms with Crippen LogP contribution in [0.1, 0.15) is 33.6 Å². The summed E-state index contributed by atoms with van der Waals surface area (Å²) in [7, 11) is 0. The van der Waals surface area contributed by atoms with E-state index in [-0.39, 0.29) is 13.2 Å². The van der Waals surface area contributed by atoms with E-state index in [1.807, 2.05) is 19.9 Å². The lowest BCUT2D eigenvalue weighted by atomic mass is 9.96. The Kier molecular flexibility index (Phi) is 9.58. The molecule has 10 heteroatoms. The zero-order valence-corrected chi connectivity index (χ0v) is 18.2. The summed E-state index contributed by atoms with van der Waals surface area (Å²) in [6.45, 7) is 8.94. The molecule has 0 unspecified atom stereocenters. The standard InChI is InChI=1S/C21H36O10/c1-5-21(4,8-6-7-11(2)3)31-20-18(27)16(25)15(24)13(30-20)10-29-19-17(26)14(23)12(22)9-28-19/h5,7,12-20,22-27H,1,6,8-10H2,2-4H3/t12-,13-,14+,15+,16-,17-,18-,19+,20+,21-/m1/s1. The fourth-order valence-electron chi connectivity index (χ4n) is 3.39. The SMILES string of the molecule is C=C[C@](C)(CCC=C(C)C)O[C@@H]1O[C@H](CO[C@@H]2OC[C@@H](O)[C@H](O)[C@H]2O)[C@H](O)[C@@H](O)[C@H]1O. The molecule has 0 aliphatic carbocycles. The van der Waals surface area contributed by atoms with E-state index >= 15 is 0 Å². The van der Waals surface area contributed by atoms with E-state index in [0.717, 1.165) is 5.57 Å². The molecule has 0 amide bonds. The molecule has 0 spiro atoms. The third-order valence-corrected chi connectivity index (χ3v) is 5.56. The van der Waals surface area contributed by atoms with Crippen molar-refractivity contribution in [2.24, 2.45) is 0 Å². The highest BCUT2D eigenvalue weighted by Gasteiger charge is 2.47. The van der Waals surface area contributed by atoms with Crippen LogP contribution >= 0.6 is 0 Å². The van der Waals surface area contributed by atoms with Gasteiger partial charge in [0.05, 0.1) is 18.8 Å². The van der Waals surface area contributed by atoms with E-state index in [9.17, 15) is 30.6 Å². The van der Waals surface area contributed by atoms with Crippen LogP contribution in [0.25, 0.3) is 0 Å². The molecule has 0 radical (unpaired) electrons. The summed E-state index contributed by atoms with van der Waals surface area (Å²) < 4.78 is 22.1. The first-order chi connectivity index (χ1) is 14.5. The van der Waals surface area contributed by atoms with Crippen molar-refractivity contribution < 1.29 is 49.6 Å². The zero-order chi connectivity index (χ0) is 23.3. The molecule has 2 rings (SSSR count). The summed E-state index contributed by atoms with van der Waals surface area (Å²) in [4.78, 5) is 0. The largest absolute Gasteiger partial charge is 0.388 e. The number of ether oxygens (including phenoxy) is 4. The number of rotatable bonds is 9. The molecule has 0 aromatic heterocycles. The molecule has 0 bridgehead atoms. The summed E-state index contributed by atoms with van der Waals surface area (Å²) in [5.41, 5.74) is 0.286. The van der Waals surface area contributed by atoms with Crippen LogP contribution in [0.15, 0.2) is 24.3 Å². The van der Waals surface area contributed by atoms with Crippen molar-refractivity contribution >= 4 is 0 Å². The molecule has 31 heavy (non-hydrogen) atoms. The van der Waals surface area contributed by atoms with Gasteiger partial charge in [-0.15, -0.1) is 6.58 Å². The molecule has 0 saturated carbocycles. The van der Waals surface area contributed by atoms with E-state index in [2.05, 4.69) is 6.58 Å². The lowest BCUT2D eigenvalue weighted by molar-refractivity contribution is -0.333. The van der Waals surface area contributed by atoms with Gasteiger partial charge < -0.3 is 49.6 Å². The number of aliphatic hydroxyl groups is 6. The minimum atomic E-state index is -1.57. The van der Waals surface area contributed by atoms with Gasteiger partial charge in [-0.2, -0.15) is 0 Å². The third-order valence-electron chi connectivity index (χ3n) is 5.56. The second-order valence-electron chi connectivity index (χ2n) is 8.55. The van der Waals surface area contributed by atoms with Crippen LogP contribution in [0.5, 0.6) is 0 Å². The summed E-state index contributed by atoms with van der Waals surface area (Å²) in [5.74, 6) is 0. The molecule has 0 aromatic carbocycles. The second-order valence-corrected chi connectivity index (χ2v) is 8.55. The molecule has 2 aliphatic heterocycles. The molecular weight excluding hydrogens is 412 g/mol. The van der Waals surface area contributed by atoms with Crippen LogP contribution in [0.2, 0.25) is 0 Å². The molecule has 2 aliphatic rings. The van der Waals surface area contributed by atoms with E-state index < -0.39 is 60.9 Å². The highest BCUT2D eigenvalue weighted by Crippen LogP contribution is 2.30. The predicted molar refractivity (Wildman–Crippen MR) is 109 cm³/mol. The first-order valence-electron chi connectivity index (χ1n) is 10.4. The molecule has 10 nitrogen and oxygen atoms in total. The smallest absolute Gasteiger partial charge is 0.187 e. The van der Waals surface area contributed by atoms with Gasteiger partial charge in [0.25, 0.3) is 0 Å². The Balaban J connectivity index is 2.01. The van der Waals surface area contributed by atoms with Crippen LogP contribution in [0.4, 0.5) is 0 Å². The summed E-state index contributed by atoms with van der Waals surface area (Å²) >= 11 is 0. The minimum absolute atomic E-state index is 0.243. The lowest BCUT2D eigenvalue weighted by Gasteiger charge is -2.43. The average Bonchev–Trinajstić information content (AvgIpc) is 2.72. The molecule has 10 atom stereocenters. The number of aliphatic hydroxyl groups excluding tert-OH is 6. The van der Waals surface area contributed by atoms with Gasteiger partial charge in [-0.05, 0) is 33.6 Å². The Morgan fingerprint density at radius 3 is 2.26 bits per heavy atom. The maximum Gasteiger partial charge on any atom is 0.187 e. The minimum Gasteiger partial charge on any atom is -0.388 e. The Labute approximate surface area is 182 Å². The van der Waals surface area contributed by atoms with Crippen LogP contribution in [-0.4, -0.2) is 105 Å². The van der Waals surface area contributed by atoms with Crippen molar-refractivity contribution in [2.45, 2.75) is 94.5 Å². The van der Waals surface area contributed by atoms with Gasteiger partial charge in [0.15, 0.2) is 12.6 Å². The van der Waals surface area contributed by atoms with Gasteiger partial charge in [0.1, 0.15) is 42.7 Å². The van der Waals surface area contributed by atoms with Gasteiger partial charge >= 0.3 is 0 Å². The third kappa shape index (κ3) is 6.78. The van der Waals surface area contributed by atoms with Gasteiger partial charge in [0, 0.05) is 0 Å². The van der Waals surface area contributed by atoms with Gasteiger partial charge in [-0.1, -0.05) is 17.7 Å². The first-order valence-corrected chi connectivity index (χ1v) is 10.4. The van der Waals surface area contributed by atoms with Crippen LogP contribution in [-0.2, 0) is 18.9 Å². The molecule has 6 N–H and O–H groups in total. The van der Waals surface area contributed by atoms with E-state index in [1.165, 1.54) is 0 Å². The zero-order valence-electron chi connectivity index (χ0n) is 18.2. The Morgan fingerprint density at radius 1 is 1.00 bits per heavy atom. The van der Waals surface area contributed by atoms with Crippen molar-refractivity contribution in [3.63, 3.8) is 0 Å². The molecule has 0 aromatic rings. The van der Waals surface area contributed by atoms with Crippen LogP contribution < -0.4 is 0 Å². The quantitative estimate of drug-likeness (QED) is 0.241. The Morgan fingerprint density at radius 2 is 1.65 bits per heavy atom. The van der Waals surface area contributed by atoms with E-state index in [4.69, 9.17) is 18.9 Å². The number of hydrogen-bond donors (Lipinski definition) is 6. The average molecular weight is 449 g/mol. The van der Waals surface area contributed by atoms with Crippen molar-refractivity contribution in [2.75, 3.05) is 13.2 Å². The number of allylic oxidation sites excluding steroid dienone is 2. The second kappa shape index (κ2) is 11.3. The van der Waals surface area contributed by atoms with Crippen LogP contribution in [0.3, 0.4) is 0 Å². The fraction of sp³-hybridized carbons (Fsp3) is 0.810. The summed E-state index contributed by atoms with van der Waals surface area (Å²) in [6, 6.07) is 0. The topological polar surface area (TPSA) is 158 Å². The molecular formula is C21H36O10. The van der Waals surface area contributed by atoms with Gasteiger partial charge in [-0.3, -0.25) is 0 Å². The van der Waals surface area contributed by atoms with Crippen molar-refractivity contribution in [3.8, 4) is 0 Å². The number of hydrogen-bond acceptors (Lipinski definition) is 10. The van der Waals surface area contributed by atoms with E-state index in [1.54, 1.807) is 13.0 Å². The monoisotopic (exact) mass is 448 g/mol. The lowest BCUT2D eigenvalue weighted by Crippen LogP contribution is -2.61. The van der Waals surface area contributed by atoms with Gasteiger partial charge in [0.2, 0.25) is 0 Å². The first kappa shape index (κ1) is 26.3. The summed E-state index contributed by atoms with van der Waals surface area (Å²) in [5, 5.41) is 60.1. The highest BCUT2D eigenvalue weighted by molar-refractivity contribution is 5.00. The Hall–Kier alpha value is -0.920. The highest BCUT2D eigenvalue weighted by atomic mass is 16.7. The van der Waals surface area contributed by atoms with Crippen molar-refractivity contribution in [3.05, 3.63) is 24.3 Å². The Bertz CT molecular complexity index is 609. The van der Waals surface area contributed by atoms with Crippen molar-refractivity contribution in [1.82, 2.24) is 0 Å². The van der Waals surface area contributed by atoms with E-state index in [0.29, 0.717) is 12.8 Å². The van der Waals surface area contributed by atoms with Crippen LogP contribution in [0, 0.1) is 0 Å². The molecule has 2 fully saturated rings. The fourth-order valence-corrected chi connectivity index (χ4v) is 3.39. The normalized spacial score (nSPS) is 40.7. The molecule has 2 heterocycles. The maximum absolute atomic E-state index is 10.3.